The van der Waals surface area contributed by atoms with Crippen LogP contribution >= 0.6 is 0 Å². The van der Waals surface area contributed by atoms with E-state index in [4.69, 9.17) is 0 Å². The molecule has 0 bridgehead atoms. The van der Waals surface area contributed by atoms with Crippen LogP contribution in [0, 0.1) is 22.7 Å². The maximum absolute atomic E-state index is 12.8. The van der Waals surface area contributed by atoms with E-state index in [1.54, 1.807) is 26.0 Å². The Morgan fingerprint density at radius 3 is 1.94 bits per heavy atom. The van der Waals surface area contributed by atoms with Crippen LogP contribution in [0.15, 0.2) is 39.6 Å². The summed E-state index contributed by atoms with van der Waals surface area (Å²) in [6, 6.07) is 11.1. The van der Waals surface area contributed by atoms with E-state index in [2.05, 4.69) is 15.7 Å². The molecule has 0 spiro atoms. The summed E-state index contributed by atoms with van der Waals surface area (Å²) in [5, 5.41) is 31.6. The standard InChI is InChI=1S/C24H27N4O3S/c1-14(2)20-9-17(13-26)10-21(15(3)4)22(20)27-23(29)28-32(31)19-8-16(12-25)7-18(11-19)24(5,6)30/h7-11,14-15,30H,1-6H3,(H,27,29)/q-1. The SMILES string of the molecule is CC(C)c1cc(C#N)cc(C(C)C)c1NC(=O)N=[S-](=O)c1cc(C#N)cc(C(C)(C)O)c1. The lowest BCUT2D eigenvalue weighted by Gasteiger charge is -2.21. The van der Waals surface area contributed by atoms with Crippen molar-refractivity contribution in [3.05, 3.63) is 58.1 Å². The quantitative estimate of drug-likeness (QED) is 0.569. The highest BCUT2D eigenvalue weighted by molar-refractivity contribution is 7.75. The lowest BCUT2D eigenvalue weighted by atomic mass is 9.90. The Bertz CT molecular complexity index is 1180. The van der Waals surface area contributed by atoms with Crippen LogP contribution in [0.3, 0.4) is 0 Å². The molecule has 7 nitrogen and oxygen atoms in total. The number of nitrogens with one attached hydrogen (secondary N) is 1. The minimum atomic E-state index is -2.09. The summed E-state index contributed by atoms with van der Waals surface area (Å²) >= 11 is 0. The maximum Gasteiger partial charge on any atom is 0.322 e. The summed E-state index contributed by atoms with van der Waals surface area (Å²) in [7, 11) is -2.09. The van der Waals surface area contributed by atoms with Gasteiger partial charge in [0.2, 0.25) is 0 Å². The Balaban J connectivity index is 2.50. The molecule has 0 aliphatic heterocycles. The van der Waals surface area contributed by atoms with E-state index in [0.717, 1.165) is 11.1 Å². The average Bonchev–Trinajstić information content (AvgIpc) is 2.72. The number of anilines is 1. The number of hydrogen-bond donors (Lipinski definition) is 2. The molecule has 0 aromatic heterocycles. The molecule has 168 valence electrons. The Morgan fingerprint density at radius 1 is 1.00 bits per heavy atom. The van der Waals surface area contributed by atoms with Crippen molar-refractivity contribution in [3.63, 3.8) is 0 Å². The van der Waals surface area contributed by atoms with Crippen LogP contribution in [0.5, 0.6) is 0 Å². The van der Waals surface area contributed by atoms with Crippen LogP contribution in [-0.4, -0.2) is 11.1 Å². The Labute approximate surface area is 190 Å². The second kappa shape index (κ2) is 9.95. The monoisotopic (exact) mass is 451 g/mol. The Kier molecular flexibility index (Phi) is 7.79. The van der Waals surface area contributed by atoms with E-state index < -0.39 is 22.2 Å². The molecule has 0 unspecified atom stereocenters. The van der Waals surface area contributed by atoms with Gasteiger partial charge in [0.05, 0.1) is 28.9 Å². The van der Waals surface area contributed by atoms with Crippen molar-refractivity contribution in [2.75, 3.05) is 5.32 Å². The Morgan fingerprint density at radius 2 is 1.50 bits per heavy atom. The van der Waals surface area contributed by atoms with Crippen LogP contribution < -0.4 is 5.32 Å². The fraction of sp³-hybridized carbons (Fsp3) is 0.375. The summed E-state index contributed by atoms with van der Waals surface area (Å²) in [6.45, 7) is 10.9. The zero-order valence-electron chi connectivity index (χ0n) is 19.1. The van der Waals surface area contributed by atoms with Gasteiger partial charge >= 0.3 is 6.03 Å². The Hall–Kier alpha value is -3.20. The largest absolute Gasteiger partial charge is 0.439 e. The van der Waals surface area contributed by atoms with E-state index in [1.165, 1.54) is 18.2 Å². The van der Waals surface area contributed by atoms with E-state index >= 15 is 0 Å². The lowest BCUT2D eigenvalue weighted by molar-refractivity contribution is 0.0783. The second-order valence-electron chi connectivity index (χ2n) is 8.64. The van der Waals surface area contributed by atoms with Gasteiger partial charge in [-0.2, -0.15) is 21.1 Å². The number of hydrogen-bond acceptors (Lipinski definition) is 6. The summed E-state index contributed by atoms with van der Waals surface area (Å²) < 4.78 is 16.5. The van der Waals surface area contributed by atoms with Gasteiger partial charge in [-0.05, 0) is 60.6 Å². The number of nitriles is 2. The molecular formula is C24H27N4O3S-. The molecule has 2 N–H and O–H groups in total. The number of aliphatic hydroxyl groups is 1. The van der Waals surface area contributed by atoms with E-state index in [-0.39, 0.29) is 22.3 Å². The third-order valence-electron chi connectivity index (χ3n) is 4.91. The van der Waals surface area contributed by atoms with Crippen molar-refractivity contribution >= 4 is 22.3 Å². The van der Waals surface area contributed by atoms with Gasteiger partial charge < -0.3 is 19.0 Å². The third kappa shape index (κ3) is 5.94. The predicted molar refractivity (Wildman–Crippen MR) is 124 cm³/mol. The maximum atomic E-state index is 12.8. The molecule has 0 aliphatic rings. The van der Waals surface area contributed by atoms with Crippen LogP contribution in [0.1, 0.15) is 81.2 Å². The van der Waals surface area contributed by atoms with Gasteiger partial charge in [0, 0.05) is 5.69 Å². The first kappa shape index (κ1) is 25.1. The predicted octanol–water partition coefficient (Wildman–Crippen LogP) is 5.64. The number of nitrogens with zero attached hydrogens (tertiary/aromatic N) is 3. The molecule has 0 heterocycles. The van der Waals surface area contributed by atoms with Crippen molar-refractivity contribution in [2.45, 2.75) is 63.9 Å². The minimum Gasteiger partial charge on any atom is -0.439 e. The van der Waals surface area contributed by atoms with Crippen molar-refractivity contribution in [2.24, 2.45) is 4.36 Å². The van der Waals surface area contributed by atoms with Crippen LogP contribution in [0.4, 0.5) is 10.5 Å². The summed E-state index contributed by atoms with van der Waals surface area (Å²) in [5.74, 6) is 0.0616. The average molecular weight is 452 g/mol. The molecule has 0 radical (unpaired) electrons. The number of carbonyl (C=O) groups is 1. The zero-order valence-corrected chi connectivity index (χ0v) is 19.9. The van der Waals surface area contributed by atoms with Crippen LogP contribution in [-0.2, 0) is 20.4 Å². The highest BCUT2D eigenvalue weighted by Crippen LogP contribution is 2.34. The molecule has 0 saturated carbocycles. The molecule has 2 aromatic rings. The molecule has 0 atom stereocenters. The fourth-order valence-electron chi connectivity index (χ4n) is 3.18. The molecule has 2 rings (SSSR count). The van der Waals surface area contributed by atoms with Gasteiger partial charge in [-0.1, -0.05) is 44.7 Å². The smallest absolute Gasteiger partial charge is 0.322 e. The highest BCUT2D eigenvalue weighted by Gasteiger charge is 2.18. The first-order chi connectivity index (χ1) is 14.9. The number of carbonyl (C=O) groups excluding carboxylic acids is 1. The first-order valence-electron chi connectivity index (χ1n) is 10.2. The molecular weight excluding hydrogens is 424 g/mol. The molecule has 0 saturated heterocycles. The summed E-state index contributed by atoms with van der Waals surface area (Å²) in [4.78, 5) is 12.8. The number of rotatable bonds is 5. The lowest BCUT2D eigenvalue weighted by Crippen LogP contribution is -2.16. The molecule has 0 aliphatic carbocycles. The number of amides is 2. The van der Waals surface area contributed by atoms with Crippen molar-refractivity contribution in [3.8, 4) is 12.1 Å². The number of urea groups is 1. The normalized spacial score (nSPS) is 12.5. The fourth-order valence-corrected chi connectivity index (χ4v) is 3.94. The van der Waals surface area contributed by atoms with Gasteiger partial charge in [-0.25, -0.2) is 4.79 Å². The molecule has 0 fully saturated rings. The minimum absolute atomic E-state index is 0.0308. The highest BCUT2D eigenvalue weighted by atomic mass is 32.2. The number of benzene rings is 2. The van der Waals surface area contributed by atoms with E-state index in [9.17, 15) is 24.6 Å². The van der Waals surface area contributed by atoms with E-state index in [1.807, 2.05) is 33.8 Å². The van der Waals surface area contributed by atoms with Crippen molar-refractivity contribution in [1.29, 1.82) is 10.5 Å². The van der Waals surface area contributed by atoms with E-state index in [0.29, 0.717) is 16.8 Å². The van der Waals surface area contributed by atoms with Crippen LogP contribution in [0.2, 0.25) is 0 Å². The molecule has 8 heteroatoms. The molecule has 2 amide bonds. The topological polar surface area (TPSA) is 126 Å². The van der Waals surface area contributed by atoms with Gasteiger partial charge in [0.15, 0.2) is 0 Å². The first-order valence-corrected chi connectivity index (χ1v) is 11.3. The van der Waals surface area contributed by atoms with Crippen molar-refractivity contribution in [1.82, 2.24) is 0 Å². The second-order valence-corrected chi connectivity index (χ2v) is 9.79. The summed E-state index contributed by atoms with van der Waals surface area (Å²) in [5.41, 5.74) is 1.99. The third-order valence-corrected chi connectivity index (χ3v) is 5.88. The molecule has 32 heavy (non-hydrogen) atoms. The van der Waals surface area contributed by atoms with Gasteiger partial charge in [0.25, 0.3) is 0 Å². The van der Waals surface area contributed by atoms with Crippen LogP contribution in [0.25, 0.3) is 0 Å². The zero-order chi connectivity index (χ0) is 24.2. The van der Waals surface area contributed by atoms with Gasteiger partial charge in [-0.15, -0.1) is 0 Å². The molecule has 2 aromatic carbocycles. The van der Waals surface area contributed by atoms with Gasteiger partial charge in [-0.3, -0.25) is 0 Å². The van der Waals surface area contributed by atoms with Gasteiger partial charge in [0.1, 0.15) is 0 Å². The van der Waals surface area contributed by atoms with Crippen molar-refractivity contribution < 1.29 is 14.1 Å². The summed E-state index contributed by atoms with van der Waals surface area (Å²) in [6.07, 6.45) is 0.